The summed E-state index contributed by atoms with van der Waals surface area (Å²) in [7, 11) is 1.60. The zero-order chi connectivity index (χ0) is 17.4. The van der Waals surface area contributed by atoms with Gasteiger partial charge < -0.3 is 19.5 Å². The minimum absolute atomic E-state index is 0.139. The molecule has 24 heavy (non-hydrogen) atoms. The number of benzene rings is 1. The van der Waals surface area contributed by atoms with Gasteiger partial charge in [-0.2, -0.15) is 0 Å². The van der Waals surface area contributed by atoms with Crippen LogP contribution in [0.3, 0.4) is 0 Å². The molecule has 6 heteroatoms. The summed E-state index contributed by atoms with van der Waals surface area (Å²) in [6.07, 6.45) is -0.107. The van der Waals surface area contributed by atoms with Crippen LogP contribution in [0.1, 0.15) is 12.0 Å². The maximum absolute atomic E-state index is 11.9. The van der Waals surface area contributed by atoms with Gasteiger partial charge in [-0.3, -0.25) is 9.69 Å². The van der Waals surface area contributed by atoms with Crippen molar-refractivity contribution in [2.45, 2.75) is 19.4 Å². The van der Waals surface area contributed by atoms with Crippen LogP contribution < -0.4 is 4.74 Å². The molecule has 1 aliphatic rings. The molecule has 1 fully saturated rings. The highest BCUT2D eigenvalue weighted by molar-refractivity contribution is 5.76. The van der Waals surface area contributed by atoms with Gasteiger partial charge in [-0.05, 0) is 18.6 Å². The van der Waals surface area contributed by atoms with Gasteiger partial charge in [0.05, 0.1) is 13.0 Å². The van der Waals surface area contributed by atoms with Crippen LogP contribution in [0.4, 0.5) is 0 Å². The van der Waals surface area contributed by atoms with Crippen molar-refractivity contribution in [3.63, 3.8) is 0 Å². The topological polar surface area (TPSA) is 62.2 Å². The van der Waals surface area contributed by atoms with Crippen molar-refractivity contribution < 1.29 is 19.4 Å². The lowest BCUT2D eigenvalue weighted by atomic mass is 10.2. The van der Waals surface area contributed by atoms with Crippen molar-refractivity contribution in [2.24, 2.45) is 0 Å². The van der Waals surface area contributed by atoms with Crippen LogP contribution in [0.25, 0.3) is 0 Å². The van der Waals surface area contributed by atoms with E-state index in [1.165, 1.54) is 0 Å². The SMILES string of the molecule is COCCC(=O)N1CCN(C[C@@H](O)COc2ccccc2C)CC1. The molecule has 0 aliphatic carbocycles. The van der Waals surface area contributed by atoms with E-state index in [1.807, 2.05) is 36.1 Å². The van der Waals surface area contributed by atoms with Gasteiger partial charge in [0.15, 0.2) is 0 Å². The number of nitrogens with zero attached hydrogens (tertiary/aromatic N) is 2. The minimum Gasteiger partial charge on any atom is -0.491 e. The molecule has 6 nitrogen and oxygen atoms in total. The Balaban J connectivity index is 1.68. The van der Waals surface area contributed by atoms with Crippen LogP contribution in [-0.4, -0.2) is 80.0 Å². The Morgan fingerprint density at radius 3 is 2.62 bits per heavy atom. The fourth-order valence-electron chi connectivity index (χ4n) is 2.78. The van der Waals surface area contributed by atoms with Gasteiger partial charge in [0.2, 0.25) is 5.91 Å². The van der Waals surface area contributed by atoms with Crippen molar-refractivity contribution in [1.82, 2.24) is 9.80 Å². The first kappa shape index (κ1) is 18.7. The number of amides is 1. The Morgan fingerprint density at radius 1 is 1.25 bits per heavy atom. The number of carbonyl (C=O) groups excluding carboxylic acids is 1. The maximum atomic E-state index is 11.9. The summed E-state index contributed by atoms with van der Waals surface area (Å²) in [5.74, 6) is 0.949. The third-order valence-corrected chi connectivity index (χ3v) is 4.24. The third kappa shape index (κ3) is 5.78. The van der Waals surface area contributed by atoms with Crippen molar-refractivity contribution in [1.29, 1.82) is 0 Å². The largest absolute Gasteiger partial charge is 0.491 e. The molecule has 0 aromatic heterocycles. The third-order valence-electron chi connectivity index (χ3n) is 4.24. The predicted octanol–water partition coefficient (Wildman–Crippen LogP) is 0.915. The summed E-state index contributed by atoms with van der Waals surface area (Å²) in [4.78, 5) is 16.0. The number of ether oxygens (including phenoxy) is 2. The first-order chi connectivity index (χ1) is 11.6. The molecule has 0 unspecified atom stereocenters. The lowest BCUT2D eigenvalue weighted by Crippen LogP contribution is -2.51. The number of piperazine rings is 1. The highest BCUT2D eigenvalue weighted by Gasteiger charge is 2.22. The van der Waals surface area contributed by atoms with E-state index >= 15 is 0 Å². The Hall–Kier alpha value is -1.63. The summed E-state index contributed by atoms with van der Waals surface area (Å²) >= 11 is 0. The first-order valence-corrected chi connectivity index (χ1v) is 8.45. The molecule has 0 spiro atoms. The molecule has 2 rings (SSSR count). The predicted molar refractivity (Wildman–Crippen MR) is 92.2 cm³/mol. The number of aryl methyl sites for hydroxylation is 1. The van der Waals surface area contributed by atoms with E-state index in [4.69, 9.17) is 9.47 Å². The summed E-state index contributed by atoms with van der Waals surface area (Å²) in [5.41, 5.74) is 1.06. The molecular formula is C18H28N2O4. The quantitative estimate of drug-likeness (QED) is 0.765. The lowest BCUT2D eigenvalue weighted by Gasteiger charge is -2.35. The Kier molecular flexibility index (Phi) is 7.49. The van der Waals surface area contributed by atoms with Gasteiger partial charge in [0.1, 0.15) is 18.5 Å². The number of hydrogen-bond donors (Lipinski definition) is 1. The summed E-state index contributed by atoms with van der Waals surface area (Å²) in [6.45, 7) is 6.25. The molecule has 1 amide bonds. The van der Waals surface area contributed by atoms with E-state index in [0.29, 0.717) is 32.7 Å². The smallest absolute Gasteiger partial charge is 0.224 e. The molecule has 1 aromatic rings. The zero-order valence-electron chi connectivity index (χ0n) is 14.6. The van der Waals surface area contributed by atoms with Crippen LogP contribution in [-0.2, 0) is 9.53 Å². The van der Waals surface area contributed by atoms with E-state index in [-0.39, 0.29) is 12.5 Å². The molecule has 1 N–H and O–H groups in total. The number of β-amino-alcohol motifs (C(OH)–C–C–N with tert-alkyl or cyclic N) is 1. The Labute approximate surface area is 144 Å². The number of aliphatic hydroxyl groups is 1. The molecule has 0 radical (unpaired) electrons. The second-order valence-corrected chi connectivity index (χ2v) is 6.15. The normalized spacial score (nSPS) is 16.9. The average Bonchev–Trinajstić information content (AvgIpc) is 2.59. The number of aliphatic hydroxyl groups excluding tert-OH is 1. The van der Waals surface area contributed by atoms with Gasteiger partial charge in [0.25, 0.3) is 0 Å². The van der Waals surface area contributed by atoms with E-state index in [9.17, 15) is 9.90 Å². The van der Waals surface area contributed by atoms with Gasteiger partial charge in [-0.1, -0.05) is 18.2 Å². The lowest BCUT2D eigenvalue weighted by molar-refractivity contribution is -0.134. The first-order valence-electron chi connectivity index (χ1n) is 8.45. The van der Waals surface area contributed by atoms with Crippen LogP contribution in [0.15, 0.2) is 24.3 Å². The fourth-order valence-corrected chi connectivity index (χ4v) is 2.78. The van der Waals surface area contributed by atoms with Crippen LogP contribution >= 0.6 is 0 Å². The molecular weight excluding hydrogens is 308 g/mol. The average molecular weight is 336 g/mol. The van der Waals surface area contributed by atoms with Crippen molar-refractivity contribution in [3.05, 3.63) is 29.8 Å². The molecule has 1 aromatic carbocycles. The summed E-state index contributed by atoms with van der Waals surface area (Å²) in [5, 5.41) is 10.2. The number of para-hydroxylation sites is 1. The zero-order valence-corrected chi connectivity index (χ0v) is 14.6. The molecule has 1 saturated heterocycles. The second kappa shape index (κ2) is 9.61. The Bertz CT molecular complexity index is 515. The highest BCUT2D eigenvalue weighted by Crippen LogP contribution is 2.16. The molecule has 0 saturated carbocycles. The monoisotopic (exact) mass is 336 g/mol. The van der Waals surface area contributed by atoms with E-state index in [2.05, 4.69) is 4.90 Å². The number of methoxy groups -OCH3 is 1. The van der Waals surface area contributed by atoms with Crippen LogP contribution in [0.5, 0.6) is 5.75 Å². The second-order valence-electron chi connectivity index (χ2n) is 6.15. The Morgan fingerprint density at radius 2 is 1.96 bits per heavy atom. The molecule has 1 atom stereocenters. The molecule has 0 bridgehead atoms. The van der Waals surface area contributed by atoms with Gasteiger partial charge in [-0.25, -0.2) is 0 Å². The summed E-state index contributed by atoms with van der Waals surface area (Å²) < 4.78 is 10.6. The van der Waals surface area contributed by atoms with Crippen molar-refractivity contribution in [2.75, 3.05) is 53.0 Å². The number of hydrogen-bond acceptors (Lipinski definition) is 5. The minimum atomic E-state index is -0.541. The number of rotatable bonds is 8. The van der Waals surface area contributed by atoms with Gasteiger partial charge >= 0.3 is 0 Å². The summed E-state index contributed by atoms with van der Waals surface area (Å²) in [6, 6.07) is 7.79. The molecule has 1 heterocycles. The molecule has 1 aliphatic heterocycles. The van der Waals surface area contributed by atoms with Gasteiger partial charge in [-0.15, -0.1) is 0 Å². The van der Waals surface area contributed by atoms with Crippen molar-refractivity contribution in [3.8, 4) is 5.75 Å². The maximum Gasteiger partial charge on any atom is 0.224 e. The van der Waals surface area contributed by atoms with E-state index in [1.54, 1.807) is 7.11 Å². The standard InChI is InChI=1S/C18H28N2O4/c1-15-5-3-4-6-17(15)24-14-16(21)13-19-8-10-20(11-9-19)18(22)7-12-23-2/h3-6,16,21H,7-14H2,1-2H3/t16-/m1/s1. The fraction of sp³-hybridized carbons (Fsp3) is 0.611. The van der Waals surface area contributed by atoms with E-state index < -0.39 is 6.10 Å². The van der Waals surface area contributed by atoms with E-state index in [0.717, 1.165) is 24.4 Å². The van der Waals surface area contributed by atoms with Crippen LogP contribution in [0.2, 0.25) is 0 Å². The van der Waals surface area contributed by atoms with Crippen LogP contribution in [0, 0.1) is 6.92 Å². The molecule has 134 valence electrons. The van der Waals surface area contributed by atoms with Crippen molar-refractivity contribution >= 4 is 5.91 Å². The number of carbonyl (C=O) groups is 1. The highest BCUT2D eigenvalue weighted by atomic mass is 16.5. The van der Waals surface area contributed by atoms with Gasteiger partial charge in [0, 0.05) is 39.8 Å².